The second-order valence-corrected chi connectivity index (χ2v) is 2.14. The molecule has 54 valence electrons. The van der Waals surface area contributed by atoms with Gasteiger partial charge in [-0.1, -0.05) is 6.92 Å². The number of hydrogen-bond acceptors (Lipinski definition) is 2. The van der Waals surface area contributed by atoms with Gasteiger partial charge in [-0.05, 0) is 12.3 Å². The van der Waals surface area contributed by atoms with Gasteiger partial charge in [0.15, 0.2) is 0 Å². The van der Waals surface area contributed by atoms with Crippen LogP contribution in [0, 0.1) is 5.92 Å². The van der Waals surface area contributed by atoms with E-state index in [4.69, 9.17) is 5.11 Å². The van der Waals surface area contributed by atoms with Crippen LogP contribution < -0.4 is 5.32 Å². The van der Waals surface area contributed by atoms with E-state index in [0.717, 1.165) is 6.42 Å². The standard InChI is InChI=1S/C6H13NO2/c1-6(2-3-8)4-7-5-9/h5-6,8H,2-4H2,1H3,(H,7,9)/t6-/m0/s1. The molecule has 0 aromatic rings. The van der Waals surface area contributed by atoms with Crippen molar-refractivity contribution in [2.24, 2.45) is 5.92 Å². The minimum Gasteiger partial charge on any atom is -0.396 e. The Kier molecular flexibility index (Phi) is 5.21. The monoisotopic (exact) mass is 131 g/mol. The molecular weight excluding hydrogens is 118 g/mol. The van der Waals surface area contributed by atoms with Crippen LogP contribution in [0.25, 0.3) is 0 Å². The Morgan fingerprint density at radius 2 is 2.44 bits per heavy atom. The van der Waals surface area contributed by atoms with Crippen LogP contribution >= 0.6 is 0 Å². The predicted molar refractivity (Wildman–Crippen MR) is 34.9 cm³/mol. The molecule has 0 radical (unpaired) electrons. The molecule has 0 fully saturated rings. The van der Waals surface area contributed by atoms with E-state index in [-0.39, 0.29) is 6.61 Å². The molecule has 0 rings (SSSR count). The van der Waals surface area contributed by atoms with E-state index in [1.807, 2.05) is 6.92 Å². The third-order valence-corrected chi connectivity index (χ3v) is 1.17. The lowest BCUT2D eigenvalue weighted by Crippen LogP contribution is -2.19. The summed E-state index contributed by atoms with van der Waals surface area (Å²) in [6.45, 7) is 2.83. The minimum absolute atomic E-state index is 0.196. The summed E-state index contributed by atoms with van der Waals surface area (Å²) >= 11 is 0. The van der Waals surface area contributed by atoms with E-state index >= 15 is 0 Å². The molecule has 3 heteroatoms. The third-order valence-electron chi connectivity index (χ3n) is 1.17. The topological polar surface area (TPSA) is 49.3 Å². The van der Waals surface area contributed by atoms with Crippen LogP contribution in [-0.2, 0) is 4.79 Å². The molecule has 0 saturated carbocycles. The SMILES string of the molecule is C[C@@H](CCO)CNC=O. The van der Waals surface area contributed by atoms with Crippen LogP contribution in [0.4, 0.5) is 0 Å². The fourth-order valence-corrected chi connectivity index (χ4v) is 0.572. The first-order valence-electron chi connectivity index (χ1n) is 3.09. The maximum absolute atomic E-state index is 9.74. The molecule has 0 heterocycles. The third kappa shape index (κ3) is 5.30. The summed E-state index contributed by atoms with van der Waals surface area (Å²) in [4.78, 5) is 9.74. The van der Waals surface area contributed by atoms with Gasteiger partial charge in [0.2, 0.25) is 6.41 Å². The van der Waals surface area contributed by atoms with Crippen molar-refractivity contribution in [2.75, 3.05) is 13.2 Å². The van der Waals surface area contributed by atoms with Gasteiger partial charge in [-0.2, -0.15) is 0 Å². The summed E-state index contributed by atoms with van der Waals surface area (Å²) in [6.07, 6.45) is 1.43. The first kappa shape index (κ1) is 8.43. The lowest BCUT2D eigenvalue weighted by Gasteiger charge is -2.06. The van der Waals surface area contributed by atoms with Crippen molar-refractivity contribution in [3.05, 3.63) is 0 Å². The summed E-state index contributed by atoms with van der Waals surface area (Å²) < 4.78 is 0. The molecule has 3 nitrogen and oxygen atoms in total. The van der Waals surface area contributed by atoms with Crippen molar-refractivity contribution in [1.29, 1.82) is 0 Å². The molecule has 0 bridgehead atoms. The highest BCUT2D eigenvalue weighted by Gasteiger charge is 1.97. The predicted octanol–water partition coefficient (Wildman–Crippen LogP) is -0.249. The largest absolute Gasteiger partial charge is 0.396 e. The zero-order chi connectivity index (χ0) is 7.11. The highest BCUT2D eigenvalue weighted by molar-refractivity contribution is 5.45. The quantitative estimate of drug-likeness (QED) is 0.505. The molecule has 0 spiro atoms. The number of hydrogen-bond donors (Lipinski definition) is 2. The van der Waals surface area contributed by atoms with Gasteiger partial charge >= 0.3 is 0 Å². The molecule has 0 unspecified atom stereocenters. The lowest BCUT2D eigenvalue weighted by molar-refractivity contribution is -0.109. The molecule has 0 aliphatic carbocycles. The van der Waals surface area contributed by atoms with Crippen LogP contribution in [-0.4, -0.2) is 24.7 Å². The van der Waals surface area contributed by atoms with E-state index in [0.29, 0.717) is 18.9 Å². The van der Waals surface area contributed by atoms with Gasteiger partial charge in [0.1, 0.15) is 0 Å². The normalized spacial score (nSPS) is 12.7. The molecule has 9 heavy (non-hydrogen) atoms. The Balaban J connectivity index is 3.04. The fraction of sp³-hybridized carbons (Fsp3) is 0.833. The van der Waals surface area contributed by atoms with Crippen LogP contribution in [0.3, 0.4) is 0 Å². The molecule has 2 N–H and O–H groups in total. The van der Waals surface area contributed by atoms with Crippen LogP contribution in [0.2, 0.25) is 0 Å². The van der Waals surface area contributed by atoms with Crippen molar-refractivity contribution < 1.29 is 9.90 Å². The number of rotatable bonds is 5. The number of nitrogens with one attached hydrogen (secondary N) is 1. The Morgan fingerprint density at radius 1 is 1.78 bits per heavy atom. The van der Waals surface area contributed by atoms with Crippen molar-refractivity contribution in [1.82, 2.24) is 5.32 Å². The maximum atomic E-state index is 9.74. The van der Waals surface area contributed by atoms with Crippen molar-refractivity contribution in [3.8, 4) is 0 Å². The smallest absolute Gasteiger partial charge is 0.207 e. The van der Waals surface area contributed by atoms with Gasteiger partial charge in [-0.15, -0.1) is 0 Å². The maximum Gasteiger partial charge on any atom is 0.207 e. The van der Waals surface area contributed by atoms with Crippen LogP contribution in [0.1, 0.15) is 13.3 Å². The number of amides is 1. The second kappa shape index (κ2) is 5.56. The Labute approximate surface area is 55.1 Å². The van der Waals surface area contributed by atoms with Crippen LogP contribution in [0.15, 0.2) is 0 Å². The van der Waals surface area contributed by atoms with E-state index in [2.05, 4.69) is 5.32 Å². The van der Waals surface area contributed by atoms with Gasteiger partial charge in [0.25, 0.3) is 0 Å². The molecule has 0 aromatic carbocycles. The molecule has 0 aromatic heterocycles. The van der Waals surface area contributed by atoms with E-state index in [9.17, 15) is 4.79 Å². The average molecular weight is 131 g/mol. The van der Waals surface area contributed by atoms with E-state index < -0.39 is 0 Å². The van der Waals surface area contributed by atoms with Gasteiger partial charge < -0.3 is 10.4 Å². The number of carbonyl (C=O) groups excluding carboxylic acids is 1. The van der Waals surface area contributed by atoms with Gasteiger partial charge in [0.05, 0.1) is 0 Å². The first-order valence-corrected chi connectivity index (χ1v) is 3.09. The fourth-order valence-electron chi connectivity index (χ4n) is 0.572. The van der Waals surface area contributed by atoms with Gasteiger partial charge in [-0.3, -0.25) is 4.79 Å². The summed E-state index contributed by atoms with van der Waals surface area (Å²) in [5, 5.41) is 11.0. The van der Waals surface area contributed by atoms with Crippen LogP contribution in [0.5, 0.6) is 0 Å². The highest BCUT2D eigenvalue weighted by atomic mass is 16.3. The summed E-state index contributed by atoms with van der Waals surface area (Å²) in [7, 11) is 0. The van der Waals surface area contributed by atoms with Crippen molar-refractivity contribution >= 4 is 6.41 Å². The molecule has 0 saturated heterocycles. The average Bonchev–Trinajstić information content (AvgIpc) is 1.85. The second-order valence-electron chi connectivity index (χ2n) is 2.14. The van der Waals surface area contributed by atoms with E-state index in [1.54, 1.807) is 0 Å². The van der Waals surface area contributed by atoms with Gasteiger partial charge in [-0.25, -0.2) is 0 Å². The number of carbonyl (C=O) groups is 1. The Bertz CT molecular complexity index is 75.5. The van der Waals surface area contributed by atoms with Gasteiger partial charge in [0, 0.05) is 13.2 Å². The minimum atomic E-state index is 0.196. The van der Waals surface area contributed by atoms with Crippen molar-refractivity contribution in [2.45, 2.75) is 13.3 Å². The summed E-state index contributed by atoms with van der Waals surface area (Å²) in [5.74, 6) is 0.375. The number of aliphatic hydroxyl groups is 1. The lowest BCUT2D eigenvalue weighted by atomic mass is 10.1. The Morgan fingerprint density at radius 3 is 2.89 bits per heavy atom. The molecule has 1 atom stereocenters. The molecule has 0 aliphatic heterocycles. The highest BCUT2D eigenvalue weighted by Crippen LogP contribution is 1.96. The summed E-state index contributed by atoms with van der Waals surface area (Å²) in [5.41, 5.74) is 0. The van der Waals surface area contributed by atoms with E-state index in [1.165, 1.54) is 0 Å². The van der Waals surface area contributed by atoms with Crippen molar-refractivity contribution in [3.63, 3.8) is 0 Å². The first-order chi connectivity index (χ1) is 4.31. The number of aliphatic hydroxyl groups excluding tert-OH is 1. The zero-order valence-corrected chi connectivity index (χ0v) is 5.63. The Hall–Kier alpha value is -0.570. The summed E-state index contributed by atoms with van der Waals surface area (Å²) in [6, 6.07) is 0. The molecular formula is C6H13NO2. The zero-order valence-electron chi connectivity index (χ0n) is 5.63. The molecule has 1 amide bonds. The molecule has 0 aliphatic rings.